The molecule has 0 bridgehead atoms. The van der Waals surface area contributed by atoms with Gasteiger partial charge in [-0.15, -0.1) is 0 Å². The molecule has 47 heavy (non-hydrogen) atoms. The van der Waals surface area contributed by atoms with Crippen LogP contribution >= 0.6 is 0 Å². The number of aromatic nitrogens is 2. The molecule has 3 aromatic rings. The second-order valence-corrected chi connectivity index (χ2v) is 13.7. The molecular formula is C39H49N3O5. The largest absolute Gasteiger partial charge is 0.504 e. The lowest BCUT2D eigenvalue weighted by Gasteiger charge is -2.32. The summed E-state index contributed by atoms with van der Waals surface area (Å²) < 4.78 is 6.39. The fourth-order valence-electron chi connectivity index (χ4n) is 8.01. The molecule has 0 fully saturated rings. The van der Waals surface area contributed by atoms with Gasteiger partial charge in [-0.25, -0.2) is 4.98 Å². The van der Waals surface area contributed by atoms with Crippen LogP contribution in [0.3, 0.4) is 0 Å². The van der Waals surface area contributed by atoms with Crippen LogP contribution in [-0.2, 0) is 12.8 Å². The van der Waals surface area contributed by atoms with Crippen molar-refractivity contribution in [2.24, 2.45) is 17.8 Å². The predicted molar refractivity (Wildman–Crippen MR) is 183 cm³/mol. The van der Waals surface area contributed by atoms with Crippen molar-refractivity contribution < 1.29 is 25.2 Å². The molecule has 250 valence electrons. The van der Waals surface area contributed by atoms with Crippen LogP contribution in [0.25, 0.3) is 0 Å². The summed E-state index contributed by atoms with van der Waals surface area (Å²) >= 11 is 0. The molecule has 2 heterocycles. The highest BCUT2D eigenvalue weighted by Gasteiger charge is 2.40. The monoisotopic (exact) mass is 639 g/mol. The third-order valence-corrected chi connectivity index (χ3v) is 10.6. The van der Waals surface area contributed by atoms with Crippen LogP contribution in [0.1, 0.15) is 92.5 Å². The minimum Gasteiger partial charge on any atom is -0.504 e. The Labute approximate surface area is 278 Å². The molecule has 8 unspecified atom stereocenters. The maximum absolute atomic E-state index is 11.7. The summed E-state index contributed by atoms with van der Waals surface area (Å²) in [5.74, 6) is 7.50. The van der Waals surface area contributed by atoms with Gasteiger partial charge in [0.2, 0.25) is 0 Å². The smallest absolute Gasteiger partial charge is 0.161 e. The number of rotatable bonds is 9. The predicted octanol–water partition coefficient (Wildman–Crippen LogP) is 5.77. The second kappa shape index (κ2) is 15.0. The Balaban J connectivity index is 1.28. The van der Waals surface area contributed by atoms with Crippen molar-refractivity contribution in [1.82, 2.24) is 9.97 Å². The van der Waals surface area contributed by atoms with Gasteiger partial charge in [-0.05, 0) is 110 Å². The van der Waals surface area contributed by atoms with Crippen LogP contribution < -0.4 is 10.5 Å². The van der Waals surface area contributed by atoms with Crippen LogP contribution in [0.4, 0.5) is 5.82 Å². The van der Waals surface area contributed by atoms with Gasteiger partial charge >= 0.3 is 0 Å². The highest BCUT2D eigenvalue weighted by atomic mass is 16.5. The van der Waals surface area contributed by atoms with Gasteiger partial charge in [-0.1, -0.05) is 43.3 Å². The van der Waals surface area contributed by atoms with Gasteiger partial charge in [0.1, 0.15) is 11.9 Å². The Morgan fingerprint density at radius 3 is 2.70 bits per heavy atom. The summed E-state index contributed by atoms with van der Waals surface area (Å²) in [5, 5.41) is 44.6. The average molecular weight is 640 g/mol. The summed E-state index contributed by atoms with van der Waals surface area (Å²) in [7, 11) is 0. The number of anilines is 1. The molecular weight excluding hydrogens is 590 g/mol. The molecule has 0 spiro atoms. The number of nitrogen functional groups attached to an aromatic ring is 1. The Bertz CT molecular complexity index is 1590. The molecule has 8 atom stereocenters. The number of fused-ring (bicyclic) bond motifs is 4. The van der Waals surface area contributed by atoms with Gasteiger partial charge in [-0.3, -0.25) is 0 Å². The molecule has 8 nitrogen and oxygen atoms in total. The number of phenols is 1. The van der Waals surface area contributed by atoms with E-state index in [1.54, 1.807) is 12.3 Å². The van der Waals surface area contributed by atoms with Gasteiger partial charge in [0.15, 0.2) is 11.5 Å². The Hall–Kier alpha value is -3.77. The van der Waals surface area contributed by atoms with Gasteiger partial charge in [0.25, 0.3) is 0 Å². The first kappa shape index (κ1) is 33.1. The molecule has 0 saturated carbocycles. The van der Waals surface area contributed by atoms with E-state index < -0.39 is 18.3 Å². The van der Waals surface area contributed by atoms with Crippen LogP contribution in [-0.4, -0.2) is 55.3 Å². The SMILES string of the molecule is CCC1C#CC2C=C3CCc4cc(O)c(OC(CO)CC(Cc5ccc[nH]5)c5ccnc(N)c5)cc4C3CC(O)C2C(O)CCCC1. The van der Waals surface area contributed by atoms with Crippen molar-refractivity contribution in [3.8, 4) is 23.3 Å². The van der Waals surface area contributed by atoms with Crippen molar-refractivity contribution >= 4 is 5.82 Å². The van der Waals surface area contributed by atoms with E-state index in [0.717, 1.165) is 60.9 Å². The summed E-state index contributed by atoms with van der Waals surface area (Å²) in [6.07, 6.45) is 11.8. The molecule has 3 aliphatic rings. The lowest BCUT2D eigenvalue weighted by molar-refractivity contribution is -0.00724. The van der Waals surface area contributed by atoms with Crippen molar-refractivity contribution in [2.75, 3.05) is 12.3 Å². The number of aromatic amines is 1. The van der Waals surface area contributed by atoms with Crippen LogP contribution in [0, 0.1) is 29.6 Å². The molecule has 0 aliphatic heterocycles. The number of phenolic OH excluding ortho intramolecular Hbond substituents is 1. The van der Waals surface area contributed by atoms with E-state index in [1.165, 1.54) is 5.57 Å². The van der Waals surface area contributed by atoms with Crippen LogP contribution in [0.5, 0.6) is 11.5 Å². The number of H-pyrrole nitrogens is 1. The van der Waals surface area contributed by atoms with Crippen molar-refractivity contribution in [3.63, 3.8) is 0 Å². The summed E-state index contributed by atoms with van der Waals surface area (Å²) in [4.78, 5) is 7.42. The Kier molecular flexibility index (Phi) is 10.6. The standard InChI is InChI=1S/C39H49N3O5/c1-2-24-6-3-4-8-34(44)39-28(10-9-24)16-26-11-12-27-19-35(45)37(22-33(27)32(26)21-36(39)46)47-31(23-43)18-29(17-30-7-5-14-41-30)25-13-15-42-38(40)20-25/h5,7,13-16,19-20,22,24,28-29,31-32,34,36,39,41,43-46H,2-4,6,8,11-12,17-18,21,23H2,1H3,(H2,40,42). The van der Waals surface area contributed by atoms with Gasteiger partial charge in [0, 0.05) is 41.8 Å². The number of benzene rings is 1. The number of hydrogen-bond acceptors (Lipinski definition) is 7. The first-order valence-electron chi connectivity index (χ1n) is 17.4. The minimum atomic E-state index is -0.724. The molecule has 1 aromatic carbocycles. The fourth-order valence-corrected chi connectivity index (χ4v) is 8.01. The van der Waals surface area contributed by atoms with Crippen LogP contribution in [0.15, 0.2) is 60.4 Å². The summed E-state index contributed by atoms with van der Waals surface area (Å²) in [6, 6.07) is 11.5. The zero-order valence-electron chi connectivity index (χ0n) is 27.3. The highest BCUT2D eigenvalue weighted by Crippen LogP contribution is 2.48. The molecule has 3 aliphatic carbocycles. The molecule has 2 aromatic heterocycles. The third-order valence-electron chi connectivity index (χ3n) is 10.6. The summed E-state index contributed by atoms with van der Waals surface area (Å²) in [6.45, 7) is 1.95. The first-order chi connectivity index (χ1) is 22.8. The number of aromatic hydroxyl groups is 1. The Morgan fingerprint density at radius 1 is 1.09 bits per heavy atom. The number of nitrogens with two attached hydrogens (primary N) is 1. The molecule has 8 heteroatoms. The first-order valence-corrected chi connectivity index (χ1v) is 17.4. The number of nitrogens with zero attached hydrogens (tertiary/aromatic N) is 1. The number of hydrogen-bond donors (Lipinski definition) is 6. The van der Waals surface area contributed by atoms with E-state index in [4.69, 9.17) is 10.5 Å². The van der Waals surface area contributed by atoms with Crippen LogP contribution in [0.2, 0.25) is 0 Å². The molecule has 6 rings (SSSR count). The maximum Gasteiger partial charge on any atom is 0.161 e. The van der Waals surface area contributed by atoms with Crippen molar-refractivity contribution in [2.45, 2.75) is 101 Å². The van der Waals surface area contributed by atoms with E-state index in [0.29, 0.717) is 43.2 Å². The quantitative estimate of drug-likeness (QED) is 0.129. The van der Waals surface area contributed by atoms with E-state index in [2.05, 4.69) is 34.8 Å². The fraction of sp³-hybridized carbons (Fsp3) is 0.513. The number of aliphatic hydroxyl groups is 3. The topological polar surface area (TPSA) is 145 Å². The molecule has 0 radical (unpaired) electrons. The number of pyridine rings is 1. The lowest BCUT2D eigenvalue weighted by atomic mass is 9.76. The minimum absolute atomic E-state index is 0.0211. The third kappa shape index (κ3) is 7.70. The van der Waals surface area contributed by atoms with Crippen molar-refractivity contribution in [1.29, 1.82) is 0 Å². The van der Waals surface area contributed by atoms with Gasteiger partial charge < -0.3 is 35.9 Å². The number of ether oxygens (including phenoxy) is 1. The second-order valence-electron chi connectivity index (χ2n) is 13.7. The normalized spacial score (nSPS) is 27.0. The maximum atomic E-state index is 11.7. The van der Waals surface area contributed by atoms with Gasteiger partial charge in [0.05, 0.1) is 18.8 Å². The summed E-state index contributed by atoms with van der Waals surface area (Å²) in [5.41, 5.74) is 11.4. The number of nitrogens with one attached hydrogen (secondary N) is 1. The van der Waals surface area contributed by atoms with Gasteiger partial charge in [-0.2, -0.15) is 0 Å². The lowest BCUT2D eigenvalue weighted by Crippen LogP contribution is -2.37. The average Bonchev–Trinajstić information content (AvgIpc) is 3.53. The number of aryl methyl sites for hydroxylation is 1. The Morgan fingerprint density at radius 2 is 1.94 bits per heavy atom. The molecule has 0 amide bonds. The zero-order valence-corrected chi connectivity index (χ0v) is 27.3. The number of allylic oxidation sites excluding steroid dienone is 2. The highest BCUT2D eigenvalue weighted by molar-refractivity contribution is 5.52. The van der Waals surface area contributed by atoms with E-state index >= 15 is 0 Å². The van der Waals surface area contributed by atoms with E-state index in [-0.39, 0.29) is 36.0 Å². The molecule has 7 N–H and O–H groups in total. The van der Waals surface area contributed by atoms with Crippen molar-refractivity contribution in [3.05, 3.63) is 82.8 Å². The van der Waals surface area contributed by atoms with E-state index in [9.17, 15) is 20.4 Å². The molecule has 0 saturated heterocycles. The number of aliphatic hydroxyl groups excluding tert-OH is 3. The van der Waals surface area contributed by atoms with E-state index in [1.807, 2.05) is 36.5 Å². The zero-order chi connectivity index (χ0) is 32.9.